The van der Waals surface area contributed by atoms with Gasteiger partial charge in [0.05, 0.1) is 12.8 Å². The number of hydrogen-bond donors (Lipinski definition) is 0. The molecule has 24 heavy (non-hydrogen) atoms. The zero-order valence-corrected chi connectivity index (χ0v) is 12.8. The van der Waals surface area contributed by atoms with Crippen LogP contribution in [-0.2, 0) is 17.5 Å². The van der Waals surface area contributed by atoms with Gasteiger partial charge >= 0.3 is 12.1 Å². The second-order valence-electron chi connectivity index (χ2n) is 4.83. The van der Waals surface area contributed by atoms with Crippen molar-refractivity contribution in [2.45, 2.75) is 19.7 Å². The molecule has 0 saturated heterocycles. The number of hydrogen-bond acceptors (Lipinski definition) is 4. The van der Waals surface area contributed by atoms with Crippen LogP contribution in [-0.4, -0.2) is 18.1 Å². The third kappa shape index (κ3) is 3.64. The molecule has 0 fully saturated rings. The Bertz CT molecular complexity index is 745. The molecule has 1 aromatic carbocycles. The number of carbonyl (C=O) groups excluding carboxylic acids is 1. The second kappa shape index (κ2) is 6.86. The number of alkyl halides is 3. The molecule has 0 amide bonds. The average Bonchev–Trinajstić information content (AvgIpc) is 2.51. The minimum atomic E-state index is -5.06. The van der Waals surface area contributed by atoms with Gasteiger partial charge in [0.1, 0.15) is 12.2 Å². The van der Waals surface area contributed by atoms with E-state index in [0.29, 0.717) is 5.56 Å². The van der Waals surface area contributed by atoms with Gasteiger partial charge in [0.15, 0.2) is 11.3 Å². The summed E-state index contributed by atoms with van der Waals surface area (Å²) in [6.07, 6.45) is -5.06. The Hall–Kier alpha value is -2.64. The zero-order valence-electron chi connectivity index (χ0n) is 12.8. The van der Waals surface area contributed by atoms with Gasteiger partial charge in [-0.15, -0.1) is 0 Å². The number of aromatic nitrogens is 1. The summed E-state index contributed by atoms with van der Waals surface area (Å²) < 4.78 is 62.3. The summed E-state index contributed by atoms with van der Waals surface area (Å²) in [5.74, 6) is -3.77. The lowest BCUT2D eigenvalue weighted by molar-refractivity contribution is -0.141. The highest BCUT2D eigenvalue weighted by atomic mass is 19.4. The van der Waals surface area contributed by atoms with E-state index in [-0.39, 0.29) is 12.3 Å². The van der Waals surface area contributed by atoms with Crippen LogP contribution in [0.5, 0.6) is 5.75 Å². The molecule has 2 rings (SSSR count). The molecule has 0 atom stereocenters. The first-order chi connectivity index (χ1) is 11.3. The van der Waals surface area contributed by atoms with Crippen molar-refractivity contribution in [2.24, 2.45) is 0 Å². The molecule has 8 heteroatoms. The van der Waals surface area contributed by atoms with Gasteiger partial charge in [0.2, 0.25) is 5.95 Å². The van der Waals surface area contributed by atoms with Crippen molar-refractivity contribution in [1.29, 1.82) is 0 Å². The van der Waals surface area contributed by atoms with Crippen molar-refractivity contribution in [3.8, 4) is 5.75 Å². The normalized spacial score (nSPS) is 11.2. The Labute approximate surface area is 135 Å². The van der Waals surface area contributed by atoms with E-state index in [2.05, 4.69) is 9.72 Å². The highest BCUT2D eigenvalue weighted by molar-refractivity contribution is 5.94. The van der Waals surface area contributed by atoms with Crippen LogP contribution in [0.1, 0.15) is 27.2 Å². The summed E-state index contributed by atoms with van der Waals surface area (Å²) in [4.78, 5) is 15.3. The lowest BCUT2D eigenvalue weighted by Gasteiger charge is -2.17. The maximum atomic E-state index is 13.6. The molecule has 0 aliphatic heterocycles. The highest BCUT2D eigenvalue weighted by Crippen LogP contribution is 2.40. The number of rotatable bonds is 4. The van der Waals surface area contributed by atoms with Crippen LogP contribution in [0, 0.1) is 12.9 Å². The number of aryl methyl sites for hydroxylation is 1. The minimum absolute atomic E-state index is 0.152. The summed E-state index contributed by atoms with van der Waals surface area (Å²) in [5, 5.41) is 0. The van der Waals surface area contributed by atoms with Crippen molar-refractivity contribution in [2.75, 3.05) is 7.11 Å². The lowest BCUT2D eigenvalue weighted by Crippen LogP contribution is -2.18. The Kier molecular flexibility index (Phi) is 5.06. The first kappa shape index (κ1) is 17.7. The van der Waals surface area contributed by atoms with Gasteiger partial charge in [-0.05, 0) is 12.5 Å². The molecule has 0 saturated carbocycles. The monoisotopic (exact) mass is 343 g/mol. The second-order valence-corrected chi connectivity index (χ2v) is 4.83. The number of esters is 1. The number of benzene rings is 1. The number of carbonyl (C=O) groups is 1. The lowest BCUT2D eigenvalue weighted by atomic mass is 10.1. The van der Waals surface area contributed by atoms with Crippen LogP contribution in [0.2, 0.25) is 0 Å². The van der Waals surface area contributed by atoms with Crippen LogP contribution in [0.15, 0.2) is 30.3 Å². The Morgan fingerprint density at radius 1 is 1.21 bits per heavy atom. The Morgan fingerprint density at radius 3 is 2.38 bits per heavy atom. The van der Waals surface area contributed by atoms with Gasteiger partial charge in [-0.25, -0.2) is 9.78 Å². The van der Waals surface area contributed by atoms with E-state index in [9.17, 15) is 22.4 Å². The zero-order chi connectivity index (χ0) is 17.9. The van der Waals surface area contributed by atoms with Gasteiger partial charge in [-0.2, -0.15) is 17.6 Å². The molecule has 1 aromatic heterocycles. The van der Waals surface area contributed by atoms with Gasteiger partial charge in [0, 0.05) is 0 Å². The molecule has 0 spiro atoms. The molecule has 0 unspecified atom stereocenters. The Balaban J connectivity index is 2.40. The Morgan fingerprint density at radius 2 is 1.83 bits per heavy atom. The highest BCUT2D eigenvalue weighted by Gasteiger charge is 2.42. The largest absolute Gasteiger partial charge is 0.495 e. The van der Waals surface area contributed by atoms with E-state index < -0.39 is 35.0 Å². The van der Waals surface area contributed by atoms with Gasteiger partial charge < -0.3 is 9.47 Å². The number of methoxy groups -OCH3 is 1. The summed E-state index contributed by atoms with van der Waals surface area (Å²) in [6, 6.07) is 8.56. The summed E-state index contributed by atoms with van der Waals surface area (Å²) in [7, 11) is 0.914. The molecule has 1 heterocycles. The van der Waals surface area contributed by atoms with Crippen molar-refractivity contribution < 1.29 is 31.8 Å². The van der Waals surface area contributed by atoms with Crippen LogP contribution in [0.25, 0.3) is 0 Å². The van der Waals surface area contributed by atoms with Crippen LogP contribution >= 0.6 is 0 Å². The topological polar surface area (TPSA) is 48.4 Å². The number of nitrogens with zero attached hydrogens (tertiary/aromatic N) is 1. The molecule has 0 N–H and O–H groups in total. The van der Waals surface area contributed by atoms with E-state index in [1.54, 1.807) is 30.3 Å². The maximum absolute atomic E-state index is 13.6. The fourth-order valence-corrected chi connectivity index (χ4v) is 2.13. The van der Waals surface area contributed by atoms with Crippen LogP contribution < -0.4 is 4.74 Å². The molecular weight excluding hydrogens is 330 g/mol. The first-order valence-corrected chi connectivity index (χ1v) is 6.78. The summed E-state index contributed by atoms with van der Waals surface area (Å²) >= 11 is 0. The molecule has 0 radical (unpaired) electrons. The van der Waals surface area contributed by atoms with Crippen molar-refractivity contribution >= 4 is 5.97 Å². The van der Waals surface area contributed by atoms with Crippen LogP contribution in [0.4, 0.5) is 17.6 Å². The SMILES string of the molecule is COc1c(C(=O)OCc2ccccc2)c(C)nc(F)c1C(F)(F)F. The van der Waals surface area contributed by atoms with Crippen molar-refractivity contribution in [3.05, 3.63) is 58.7 Å². The molecular formula is C16H13F4NO3. The average molecular weight is 343 g/mol. The van der Waals surface area contributed by atoms with Crippen LogP contribution in [0.3, 0.4) is 0 Å². The first-order valence-electron chi connectivity index (χ1n) is 6.78. The molecule has 0 aliphatic carbocycles. The number of ether oxygens (including phenoxy) is 2. The maximum Gasteiger partial charge on any atom is 0.424 e. The standard InChI is InChI=1S/C16H13F4NO3/c1-9-11(15(22)24-8-10-6-4-3-5-7-10)13(23-2)12(14(17)21-9)16(18,19)20/h3-7H,8H2,1-2H3. The van der Waals surface area contributed by atoms with Gasteiger partial charge in [-0.3, -0.25) is 0 Å². The van der Waals surface area contributed by atoms with Gasteiger partial charge in [-0.1, -0.05) is 30.3 Å². The van der Waals surface area contributed by atoms with E-state index >= 15 is 0 Å². The van der Waals surface area contributed by atoms with E-state index in [1.807, 2.05) is 0 Å². The third-order valence-electron chi connectivity index (χ3n) is 3.19. The number of pyridine rings is 1. The summed E-state index contributed by atoms with van der Waals surface area (Å²) in [6.45, 7) is 1.05. The third-order valence-corrected chi connectivity index (χ3v) is 3.19. The van der Waals surface area contributed by atoms with Gasteiger partial charge in [0.25, 0.3) is 0 Å². The fourth-order valence-electron chi connectivity index (χ4n) is 2.13. The van der Waals surface area contributed by atoms with E-state index in [4.69, 9.17) is 4.74 Å². The van der Waals surface area contributed by atoms with Crippen molar-refractivity contribution in [1.82, 2.24) is 4.98 Å². The van der Waals surface area contributed by atoms with Crippen molar-refractivity contribution in [3.63, 3.8) is 0 Å². The molecule has 2 aromatic rings. The minimum Gasteiger partial charge on any atom is -0.495 e. The quantitative estimate of drug-likeness (QED) is 0.480. The fraction of sp³-hybridized carbons (Fsp3) is 0.250. The predicted octanol–water partition coefficient (Wildman–Crippen LogP) is 3.91. The molecule has 4 nitrogen and oxygen atoms in total. The number of halogens is 4. The van der Waals surface area contributed by atoms with E-state index in [1.165, 1.54) is 6.92 Å². The molecule has 0 aliphatic rings. The predicted molar refractivity (Wildman–Crippen MR) is 76.0 cm³/mol. The summed E-state index contributed by atoms with van der Waals surface area (Å²) in [5.41, 5.74) is -1.89. The molecule has 0 bridgehead atoms. The molecule has 128 valence electrons. The smallest absolute Gasteiger partial charge is 0.424 e. The van der Waals surface area contributed by atoms with E-state index in [0.717, 1.165) is 7.11 Å².